The lowest BCUT2D eigenvalue weighted by Crippen LogP contribution is -2.42. The van der Waals surface area contributed by atoms with Gasteiger partial charge in [0.2, 0.25) is 0 Å². The Bertz CT molecular complexity index is 1080. The number of hydrogen-bond acceptors (Lipinski definition) is 5. The minimum absolute atomic E-state index is 0.290. The van der Waals surface area contributed by atoms with Crippen LogP contribution in [0.2, 0.25) is 0 Å². The second-order valence-electron chi connectivity index (χ2n) is 8.76. The molecule has 0 radical (unpaired) electrons. The maximum atomic E-state index is 12.0. The first kappa shape index (κ1) is 23.2. The Morgan fingerprint density at radius 2 is 1.70 bits per heavy atom. The smallest absolute Gasteiger partial charge is 0.408 e. The highest BCUT2D eigenvalue weighted by Crippen LogP contribution is 2.42. The number of carbonyl (C=O) groups is 1. The van der Waals surface area contributed by atoms with Gasteiger partial charge in [-0.2, -0.15) is 0 Å². The van der Waals surface area contributed by atoms with Crippen molar-refractivity contribution in [3.8, 4) is 16.9 Å². The van der Waals surface area contributed by atoms with Gasteiger partial charge in [-0.3, -0.25) is 0 Å². The van der Waals surface area contributed by atoms with Gasteiger partial charge in [-0.15, -0.1) is 11.8 Å². The molecule has 3 aromatic rings. The zero-order valence-corrected chi connectivity index (χ0v) is 19.8. The number of thioether (sulfide) groups is 1. The zero-order valence-electron chi connectivity index (χ0n) is 19.0. The van der Waals surface area contributed by atoms with Crippen LogP contribution >= 0.6 is 11.8 Å². The summed E-state index contributed by atoms with van der Waals surface area (Å²) < 4.78 is 10.4. The van der Waals surface area contributed by atoms with Crippen LogP contribution in [0.3, 0.4) is 0 Å². The average Bonchev–Trinajstić information content (AvgIpc) is 3.21. The van der Waals surface area contributed by atoms with Crippen molar-refractivity contribution in [1.29, 1.82) is 0 Å². The fourth-order valence-corrected chi connectivity index (χ4v) is 5.48. The molecular formula is C27H29NO4S. The number of alkyl carbamates (subject to hydrolysis) is 1. The molecule has 2 N–H and O–H groups in total. The van der Waals surface area contributed by atoms with Crippen molar-refractivity contribution < 1.29 is 19.4 Å². The monoisotopic (exact) mass is 463 g/mol. The quantitative estimate of drug-likeness (QED) is 0.411. The van der Waals surface area contributed by atoms with Crippen LogP contribution in [-0.4, -0.2) is 35.2 Å². The van der Waals surface area contributed by atoms with E-state index in [0.717, 1.165) is 21.8 Å². The van der Waals surface area contributed by atoms with Crippen LogP contribution in [0.4, 0.5) is 4.79 Å². The van der Waals surface area contributed by atoms with Crippen molar-refractivity contribution in [3.63, 3.8) is 0 Å². The number of aliphatic hydroxyl groups is 1. The lowest BCUT2D eigenvalue weighted by molar-refractivity contribution is 0.0687. The number of carbonyl (C=O) groups excluding carboxylic acids is 1. The molecule has 4 rings (SSSR count). The van der Waals surface area contributed by atoms with Gasteiger partial charge in [0, 0.05) is 9.64 Å². The van der Waals surface area contributed by atoms with Crippen molar-refractivity contribution in [1.82, 2.24) is 5.32 Å². The van der Waals surface area contributed by atoms with E-state index >= 15 is 0 Å². The number of methoxy groups -OCH3 is 1. The lowest BCUT2D eigenvalue weighted by Gasteiger charge is -2.31. The topological polar surface area (TPSA) is 67.8 Å². The number of hydrogen-bond donors (Lipinski definition) is 2. The van der Waals surface area contributed by atoms with Crippen molar-refractivity contribution in [2.45, 2.75) is 48.2 Å². The van der Waals surface area contributed by atoms with E-state index in [-0.39, 0.29) is 4.75 Å². The van der Waals surface area contributed by atoms with Gasteiger partial charge < -0.3 is 19.9 Å². The number of rotatable bonds is 8. The summed E-state index contributed by atoms with van der Waals surface area (Å²) in [6.07, 6.45) is -1.38. The van der Waals surface area contributed by atoms with Gasteiger partial charge in [-0.1, -0.05) is 74.5 Å². The van der Waals surface area contributed by atoms with Gasteiger partial charge in [0.25, 0.3) is 0 Å². The Kier molecular flexibility index (Phi) is 6.96. The van der Waals surface area contributed by atoms with Gasteiger partial charge in [0.1, 0.15) is 5.75 Å². The summed E-state index contributed by atoms with van der Waals surface area (Å²) in [7, 11) is 1.61. The Morgan fingerprint density at radius 1 is 1.03 bits per heavy atom. The van der Waals surface area contributed by atoms with Crippen LogP contribution in [0.25, 0.3) is 11.1 Å². The summed E-state index contributed by atoms with van der Waals surface area (Å²) in [6, 6.07) is 25.4. The summed E-state index contributed by atoms with van der Waals surface area (Å²) in [4.78, 5) is 13.2. The highest BCUT2D eigenvalue weighted by atomic mass is 32.2. The predicted octanol–water partition coefficient (Wildman–Crippen LogP) is 5.83. The molecule has 1 saturated heterocycles. The zero-order chi connectivity index (χ0) is 23.4. The van der Waals surface area contributed by atoms with Gasteiger partial charge >= 0.3 is 6.09 Å². The minimum atomic E-state index is -0.782. The molecule has 0 aromatic heterocycles. The third-order valence-corrected chi connectivity index (χ3v) is 7.06. The Morgan fingerprint density at radius 3 is 2.39 bits per heavy atom. The van der Waals surface area contributed by atoms with E-state index in [1.807, 2.05) is 54.6 Å². The standard InChI is InChI=1S/C27H29NO4S/c1-27(2,33-23-12-8-7-11-21(23)18-9-5-4-6-10-18)17-22(29)24-25(32-26(30)28-24)19-13-15-20(31-3)16-14-19/h4-16,22,24-25,29H,17H2,1-3H3,(H,28,30)/t22?,24-,25-/m0/s1. The van der Waals surface area contributed by atoms with Crippen LogP contribution in [0.5, 0.6) is 5.75 Å². The molecule has 6 heteroatoms. The number of benzene rings is 3. The van der Waals surface area contributed by atoms with Crippen LogP contribution in [0.1, 0.15) is 31.9 Å². The van der Waals surface area contributed by atoms with E-state index in [1.165, 1.54) is 5.56 Å². The summed E-state index contributed by atoms with van der Waals surface area (Å²) in [5.74, 6) is 0.725. The summed E-state index contributed by atoms with van der Waals surface area (Å²) in [5, 5.41) is 14.0. The maximum Gasteiger partial charge on any atom is 0.408 e. The van der Waals surface area contributed by atoms with Crippen molar-refractivity contribution in [2.75, 3.05) is 7.11 Å². The predicted molar refractivity (Wildman–Crippen MR) is 132 cm³/mol. The normalized spacial score (nSPS) is 19.0. The van der Waals surface area contributed by atoms with E-state index in [2.05, 4.69) is 43.4 Å². The van der Waals surface area contributed by atoms with Gasteiger partial charge in [-0.05, 0) is 41.3 Å². The summed E-state index contributed by atoms with van der Waals surface area (Å²) in [5.41, 5.74) is 3.14. The molecular weight excluding hydrogens is 434 g/mol. The van der Waals surface area contributed by atoms with Crippen LogP contribution in [-0.2, 0) is 4.74 Å². The van der Waals surface area contributed by atoms with Crippen molar-refractivity contribution in [3.05, 3.63) is 84.4 Å². The van der Waals surface area contributed by atoms with E-state index in [0.29, 0.717) is 6.42 Å². The second-order valence-corrected chi connectivity index (χ2v) is 10.5. The Balaban J connectivity index is 1.50. The van der Waals surface area contributed by atoms with E-state index in [9.17, 15) is 9.90 Å². The number of amides is 1. The van der Waals surface area contributed by atoms with Crippen LogP contribution in [0.15, 0.2) is 83.8 Å². The molecule has 172 valence electrons. The average molecular weight is 464 g/mol. The van der Waals surface area contributed by atoms with Gasteiger partial charge in [0.05, 0.1) is 19.3 Å². The number of nitrogens with one attached hydrogen (secondary N) is 1. The van der Waals surface area contributed by atoms with Gasteiger partial charge in [0.15, 0.2) is 6.10 Å². The molecule has 1 amide bonds. The minimum Gasteiger partial charge on any atom is -0.497 e. The molecule has 0 aliphatic carbocycles. The van der Waals surface area contributed by atoms with Crippen molar-refractivity contribution >= 4 is 17.9 Å². The molecule has 1 fully saturated rings. The molecule has 0 spiro atoms. The number of cyclic esters (lactones) is 1. The first-order chi connectivity index (χ1) is 15.9. The number of ether oxygens (including phenoxy) is 2. The maximum absolute atomic E-state index is 12.0. The highest BCUT2D eigenvalue weighted by molar-refractivity contribution is 8.00. The van der Waals surface area contributed by atoms with Crippen molar-refractivity contribution in [2.24, 2.45) is 0 Å². The van der Waals surface area contributed by atoms with Gasteiger partial charge in [-0.25, -0.2) is 4.79 Å². The summed E-state index contributed by atoms with van der Waals surface area (Å²) in [6.45, 7) is 4.23. The molecule has 5 nitrogen and oxygen atoms in total. The molecule has 3 aromatic carbocycles. The lowest BCUT2D eigenvalue weighted by atomic mass is 9.93. The molecule has 1 unspecified atom stereocenters. The fraction of sp³-hybridized carbons (Fsp3) is 0.296. The largest absolute Gasteiger partial charge is 0.497 e. The highest BCUT2D eigenvalue weighted by Gasteiger charge is 2.42. The van der Waals surface area contributed by atoms with E-state index in [1.54, 1.807) is 18.9 Å². The molecule has 1 aliphatic heterocycles. The number of aliphatic hydroxyl groups excluding tert-OH is 1. The first-order valence-electron chi connectivity index (χ1n) is 11.0. The third kappa shape index (κ3) is 5.52. The molecule has 3 atom stereocenters. The Labute approximate surface area is 199 Å². The van der Waals surface area contributed by atoms with Crippen LogP contribution < -0.4 is 10.1 Å². The Hall–Kier alpha value is -2.96. The molecule has 0 bridgehead atoms. The van der Waals surface area contributed by atoms with Crippen LogP contribution in [0, 0.1) is 0 Å². The molecule has 1 aliphatic rings. The first-order valence-corrected chi connectivity index (χ1v) is 11.8. The summed E-state index contributed by atoms with van der Waals surface area (Å²) >= 11 is 1.73. The van der Waals surface area contributed by atoms with E-state index in [4.69, 9.17) is 9.47 Å². The second kappa shape index (κ2) is 9.89. The molecule has 0 saturated carbocycles. The third-order valence-electron chi connectivity index (χ3n) is 5.76. The fourth-order valence-electron chi connectivity index (χ4n) is 4.18. The van der Waals surface area contributed by atoms with E-state index < -0.39 is 24.3 Å². The molecule has 1 heterocycles. The SMILES string of the molecule is COc1ccc([C@@H]2OC(=O)N[C@H]2C(O)CC(C)(C)Sc2ccccc2-c2ccccc2)cc1. The molecule has 33 heavy (non-hydrogen) atoms.